The number of nitrogens with zero attached hydrogens (tertiary/aromatic N) is 2. The van der Waals surface area contributed by atoms with Crippen LogP contribution in [0.1, 0.15) is 11.3 Å². The molecule has 3 rings (SSSR count). The number of methoxy groups -OCH3 is 1. The van der Waals surface area contributed by atoms with E-state index in [-0.39, 0.29) is 0 Å². The standard InChI is InChI=1S/C19H24N2O2/c1-22-19-7-5-16(6-8-19)13-21-10-11-23-15-17(14-21)12-18-4-2-3-9-20-18/h2-9,17H,10-15H2,1H3/t17-/m0/s1. The van der Waals surface area contributed by atoms with E-state index in [0.717, 1.165) is 50.7 Å². The van der Waals surface area contributed by atoms with E-state index in [9.17, 15) is 0 Å². The van der Waals surface area contributed by atoms with Gasteiger partial charge in [-0.1, -0.05) is 18.2 Å². The molecule has 4 heteroatoms. The highest BCUT2D eigenvalue weighted by Crippen LogP contribution is 2.17. The molecule has 2 heterocycles. The summed E-state index contributed by atoms with van der Waals surface area (Å²) in [5.74, 6) is 1.40. The lowest BCUT2D eigenvalue weighted by Gasteiger charge is -2.23. The van der Waals surface area contributed by atoms with Crippen molar-refractivity contribution in [3.8, 4) is 5.75 Å². The minimum Gasteiger partial charge on any atom is -0.497 e. The van der Waals surface area contributed by atoms with Crippen LogP contribution in [0.25, 0.3) is 0 Å². The summed E-state index contributed by atoms with van der Waals surface area (Å²) in [6, 6.07) is 14.4. The maximum Gasteiger partial charge on any atom is 0.118 e. The van der Waals surface area contributed by atoms with Crippen LogP contribution >= 0.6 is 0 Å². The van der Waals surface area contributed by atoms with Gasteiger partial charge < -0.3 is 9.47 Å². The molecule has 0 aliphatic carbocycles. The topological polar surface area (TPSA) is 34.6 Å². The molecule has 1 atom stereocenters. The van der Waals surface area contributed by atoms with Crippen molar-refractivity contribution in [2.75, 3.05) is 33.4 Å². The van der Waals surface area contributed by atoms with Crippen LogP contribution in [0.4, 0.5) is 0 Å². The zero-order valence-corrected chi connectivity index (χ0v) is 13.6. The van der Waals surface area contributed by atoms with E-state index in [2.05, 4.69) is 34.1 Å². The normalized spacial score (nSPS) is 19.3. The van der Waals surface area contributed by atoms with E-state index in [0.29, 0.717) is 5.92 Å². The lowest BCUT2D eigenvalue weighted by Crippen LogP contribution is -2.30. The quantitative estimate of drug-likeness (QED) is 0.850. The Morgan fingerprint density at radius 2 is 2.09 bits per heavy atom. The number of pyridine rings is 1. The number of benzene rings is 1. The molecule has 0 radical (unpaired) electrons. The summed E-state index contributed by atoms with van der Waals surface area (Å²) < 4.78 is 11.0. The molecule has 0 amide bonds. The highest BCUT2D eigenvalue weighted by Gasteiger charge is 2.19. The molecule has 1 saturated heterocycles. The van der Waals surface area contributed by atoms with Gasteiger partial charge in [0.1, 0.15) is 5.75 Å². The molecule has 1 aliphatic heterocycles. The summed E-state index contributed by atoms with van der Waals surface area (Å²) >= 11 is 0. The van der Waals surface area contributed by atoms with Gasteiger partial charge in [-0.2, -0.15) is 0 Å². The number of hydrogen-bond acceptors (Lipinski definition) is 4. The maximum absolute atomic E-state index is 5.79. The first-order chi connectivity index (χ1) is 11.3. The second kappa shape index (κ2) is 8.09. The summed E-state index contributed by atoms with van der Waals surface area (Å²) in [5, 5.41) is 0. The third kappa shape index (κ3) is 4.78. The molecular formula is C19H24N2O2. The summed E-state index contributed by atoms with van der Waals surface area (Å²) in [4.78, 5) is 6.92. The van der Waals surface area contributed by atoms with Crippen molar-refractivity contribution >= 4 is 0 Å². The Morgan fingerprint density at radius 1 is 1.22 bits per heavy atom. The van der Waals surface area contributed by atoms with Crippen molar-refractivity contribution in [2.24, 2.45) is 5.92 Å². The fourth-order valence-corrected chi connectivity index (χ4v) is 3.02. The minimum absolute atomic E-state index is 0.491. The van der Waals surface area contributed by atoms with Crippen LogP contribution in [0.2, 0.25) is 0 Å². The van der Waals surface area contributed by atoms with E-state index in [1.807, 2.05) is 24.4 Å². The monoisotopic (exact) mass is 312 g/mol. The number of aromatic nitrogens is 1. The van der Waals surface area contributed by atoms with Crippen LogP contribution < -0.4 is 4.74 Å². The highest BCUT2D eigenvalue weighted by molar-refractivity contribution is 5.27. The molecule has 1 aromatic heterocycles. The zero-order chi connectivity index (χ0) is 15.9. The lowest BCUT2D eigenvalue weighted by molar-refractivity contribution is 0.121. The van der Waals surface area contributed by atoms with Gasteiger partial charge >= 0.3 is 0 Å². The Balaban J connectivity index is 1.60. The smallest absolute Gasteiger partial charge is 0.118 e. The minimum atomic E-state index is 0.491. The molecule has 0 N–H and O–H groups in total. The third-order valence-corrected chi connectivity index (χ3v) is 4.21. The van der Waals surface area contributed by atoms with Crippen molar-refractivity contribution < 1.29 is 9.47 Å². The predicted molar refractivity (Wildman–Crippen MR) is 90.5 cm³/mol. The van der Waals surface area contributed by atoms with Gasteiger partial charge in [-0.25, -0.2) is 0 Å². The molecule has 2 aromatic rings. The Labute approximate surface area is 138 Å². The van der Waals surface area contributed by atoms with Crippen LogP contribution in [-0.4, -0.2) is 43.3 Å². The highest BCUT2D eigenvalue weighted by atomic mass is 16.5. The van der Waals surface area contributed by atoms with Crippen LogP contribution in [0.15, 0.2) is 48.7 Å². The molecule has 0 saturated carbocycles. The largest absolute Gasteiger partial charge is 0.497 e. The average molecular weight is 312 g/mol. The molecule has 0 unspecified atom stereocenters. The van der Waals surface area contributed by atoms with Crippen molar-refractivity contribution in [2.45, 2.75) is 13.0 Å². The fraction of sp³-hybridized carbons (Fsp3) is 0.421. The third-order valence-electron chi connectivity index (χ3n) is 4.21. The van der Waals surface area contributed by atoms with E-state index >= 15 is 0 Å². The molecule has 1 aliphatic rings. The van der Waals surface area contributed by atoms with Crippen LogP contribution in [0, 0.1) is 5.92 Å². The van der Waals surface area contributed by atoms with Gasteiger partial charge in [0.2, 0.25) is 0 Å². The first kappa shape index (κ1) is 16.0. The van der Waals surface area contributed by atoms with Gasteiger partial charge in [0.15, 0.2) is 0 Å². The molecule has 1 fully saturated rings. The van der Waals surface area contributed by atoms with E-state index < -0.39 is 0 Å². The summed E-state index contributed by atoms with van der Waals surface area (Å²) in [6.07, 6.45) is 2.84. The molecule has 1 aromatic carbocycles. The Hall–Kier alpha value is -1.91. The molecule has 0 bridgehead atoms. The molecule has 122 valence electrons. The van der Waals surface area contributed by atoms with Gasteiger partial charge in [-0.3, -0.25) is 9.88 Å². The second-order valence-electron chi connectivity index (χ2n) is 6.05. The SMILES string of the molecule is COc1ccc(CN2CCOC[C@@H](Cc3ccccn3)C2)cc1. The van der Waals surface area contributed by atoms with Crippen molar-refractivity contribution in [1.29, 1.82) is 0 Å². The van der Waals surface area contributed by atoms with Crippen LogP contribution in [0.3, 0.4) is 0 Å². The molecular weight excluding hydrogens is 288 g/mol. The Kier molecular flexibility index (Phi) is 5.61. The van der Waals surface area contributed by atoms with Gasteiger partial charge in [0.25, 0.3) is 0 Å². The van der Waals surface area contributed by atoms with E-state index in [1.54, 1.807) is 7.11 Å². The number of rotatable bonds is 5. The number of ether oxygens (including phenoxy) is 2. The summed E-state index contributed by atoms with van der Waals surface area (Å²) in [5.41, 5.74) is 2.46. The first-order valence-electron chi connectivity index (χ1n) is 8.16. The van der Waals surface area contributed by atoms with Gasteiger partial charge in [0, 0.05) is 37.4 Å². The Morgan fingerprint density at radius 3 is 2.83 bits per heavy atom. The van der Waals surface area contributed by atoms with Crippen molar-refractivity contribution in [1.82, 2.24) is 9.88 Å². The lowest BCUT2D eigenvalue weighted by atomic mass is 10.0. The number of hydrogen-bond donors (Lipinski definition) is 0. The van der Waals surface area contributed by atoms with Crippen molar-refractivity contribution in [3.63, 3.8) is 0 Å². The predicted octanol–water partition coefficient (Wildman–Crippen LogP) is 2.78. The van der Waals surface area contributed by atoms with Crippen molar-refractivity contribution in [3.05, 3.63) is 59.9 Å². The van der Waals surface area contributed by atoms with E-state index in [4.69, 9.17) is 9.47 Å². The van der Waals surface area contributed by atoms with Crippen LogP contribution in [0.5, 0.6) is 5.75 Å². The van der Waals surface area contributed by atoms with Gasteiger partial charge in [0.05, 0.1) is 20.3 Å². The molecule has 4 nitrogen and oxygen atoms in total. The second-order valence-corrected chi connectivity index (χ2v) is 6.05. The van der Waals surface area contributed by atoms with E-state index in [1.165, 1.54) is 5.56 Å². The van der Waals surface area contributed by atoms with Gasteiger partial charge in [-0.15, -0.1) is 0 Å². The first-order valence-corrected chi connectivity index (χ1v) is 8.16. The Bertz CT molecular complexity index is 586. The van der Waals surface area contributed by atoms with Crippen LogP contribution in [-0.2, 0) is 17.7 Å². The molecule has 0 spiro atoms. The molecule has 23 heavy (non-hydrogen) atoms. The summed E-state index contributed by atoms with van der Waals surface area (Å²) in [6.45, 7) is 4.59. The fourth-order valence-electron chi connectivity index (χ4n) is 3.02. The summed E-state index contributed by atoms with van der Waals surface area (Å²) in [7, 11) is 1.70. The average Bonchev–Trinajstić information content (AvgIpc) is 2.81. The van der Waals surface area contributed by atoms with Gasteiger partial charge in [-0.05, 0) is 36.2 Å². The zero-order valence-electron chi connectivity index (χ0n) is 13.6. The maximum atomic E-state index is 5.79.